The van der Waals surface area contributed by atoms with E-state index in [1.165, 1.54) is 11.5 Å². The normalized spacial score (nSPS) is 7.00. The summed E-state index contributed by atoms with van der Waals surface area (Å²) in [5.74, 6) is 1.38. The first-order valence-corrected chi connectivity index (χ1v) is 2.58. The fourth-order valence-corrected chi connectivity index (χ4v) is 0.577. The molecule has 0 N–H and O–H groups in total. The minimum absolute atomic E-state index is 0. The fraction of sp³-hybridized carbons (Fsp3) is 0.571. The van der Waals surface area contributed by atoms with Gasteiger partial charge in [-0.15, -0.1) is 27.7 Å². The number of allylic oxidation sites excluding steroid dienone is 2. The second kappa shape index (κ2) is 5.35. The van der Waals surface area contributed by atoms with Crippen LogP contribution < -0.4 is 18.9 Å². The summed E-state index contributed by atoms with van der Waals surface area (Å²) in [6.45, 7) is 8.42. The Morgan fingerprint density at radius 1 is 1.25 bits per heavy atom. The maximum atomic E-state index is 2.17. The van der Waals surface area contributed by atoms with E-state index in [-0.39, 0.29) is 18.9 Å². The van der Waals surface area contributed by atoms with E-state index in [2.05, 4.69) is 33.8 Å². The summed E-state index contributed by atoms with van der Waals surface area (Å²) in [7, 11) is 0. The Hall–Kier alpha value is 0.207. The fourth-order valence-electron chi connectivity index (χ4n) is 0.577. The van der Waals surface area contributed by atoms with Gasteiger partial charge < -0.3 is 0 Å². The van der Waals surface area contributed by atoms with Crippen molar-refractivity contribution in [2.45, 2.75) is 27.7 Å². The van der Waals surface area contributed by atoms with Crippen molar-refractivity contribution in [1.82, 2.24) is 0 Å². The quantitative estimate of drug-likeness (QED) is 0.313. The Labute approximate surface area is 64.5 Å². The van der Waals surface area contributed by atoms with Crippen LogP contribution in [-0.2, 0) is 0 Å². The Balaban J connectivity index is 0. The van der Waals surface area contributed by atoms with Crippen LogP contribution in [0.1, 0.15) is 27.7 Å². The van der Waals surface area contributed by atoms with Crippen LogP contribution in [0.5, 0.6) is 0 Å². The SMILES string of the molecule is CC(C)=C[C-](C)C.[Li+]. The Morgan fingerprint density at radius 3 is 1.62 bits per heavy atom. The summed E-state index contributed by atoms with van der Waals surface area (Å²) in [6, 6.07) is 0. The maximum absolute atomic E-state index is 2.17. The van der Waals surface area contributed by atoms with Gasteiger partial charge in [0.15, 0.2) is 0 Å². The summed E-state index contributed by atoms with van der Waals surface area (Å²) in [6.07, 6.45) is 2.17. The molecule has 0 aromatic rings. The van der Waals surface area contributed by atoms with Gasteiger partial charge in [-0.1, -0.05) is 0 Å². The van der Waals surface area contributed by atoms with E-state index in [1.807, 2.05) is 0 Å². The third-order valence-electron chi connectivity index (χ3n) is 0.577. The zero-order valence-corrected chi connectivity index (χ0v) is 6.58. The van der Waals surface area contributed by atoms with E-state index in [9.17, 15) is 0 Å². The largest absolute Gasteiger partial charge is 1.00 e. The molecular weight excluding hydrogens is 91.0 g/mol. The number of hydrogen-bond donors (Lipinski definition) is 0. The standard InChI is InChI=1S/C7H13.Li/c1-6(2)5-7(3)4;/h5H,1-4H3;/q-1;+1. The Bertz CT molecular complexity index is 68.5. The molecule has 0 nitrogen and oxygen atoms in total. The molecule has 0 fully saturated rings. The van der Waals surface area contributed by atoms with Gasteiger partial charge in [0.2, 0.25) is 0 Å². The van der Waals surface area contributed by atoms with Crippen molar-refractivity contribution in [2.24, 2.45) is 0 Å². The molecular formula is C7H13Li. The minimum Gasteiger partial charge on any atom is -0.227 e. The van der Waals surface area contributed by atoms with E-state index in [0.717, 1.165) is 0 Å². The van der Waals surface area contributed by atoms with Gasteiger partial charge in [0.25, 0.3) is 0 Å². The molecule has 0 aliphatic rings. The van der Waals surface area contributed by atoms with E-state index in [4.69, 9.17) is 0 Å². The summed E-state index contributed by atoms with van der Waals surface area (Å²) in [5, 5.41) is 0. The summed E-state index contributed by atoms with van der Waals surface area (Å²) >= 11 is 0. The van der Waals surface area contributed by atoms with Crippen molar-refractivity contribution in [2.75, 3.05) is 0 Å². The topological polar surface area (TPSA) is 0 Å². The van der Waals surface area contributed by atoms with E-state index < -0.39 is 0 Å². The second-order valence-corrected chi connectivity index (χ2v) is 2.30. The summed E-state index contributed by atoms with van der Waals surface area (Å²) in [4.78, 5) is 0. The van der Waals surface area contributed by atoms with Crippen molar-refractivity contribution >= 4 is 0 Å². The molecule has 0 saturated heterocycles. The molecule has 0 aromatic heterocycles. The molecule has 0 amide bonds. The minimum atomic E-state index is 0. The summed E-state index contributed by atoms with van der Waals surface area (Å²) in [5.41, 5.74) is 1.38. The summed E-state index contributed by atoms with van der Waals surface area (Å²) < 4.78 is 0. The second-order valence-electron chi connectivity index (χ2n) is 2.30. The van der Waals surface area contributed by atoms with Crippen LogP contribution in [0.3, 0.4) is 0 Å². The monoisotopic (exact) mass is 104 g/mol. The van der Waals surface area contributed by atoms with Crippen LogP contribution in [0.4, 0.5) is 0 Å². The van der Waals surface area contributed by atoms with Crippen molar-refractivity contribution in [3.63, 3.8) is 0 Å². The van der Waals surface area contributed by atoms with Gasteiger partial charge in [0, 0.05) is 0 Å². The van der Waals surface area contributed by atoms with Gasteiger partial charge in [-0.3, -0.25) is 0 Å². The predicted octanol–water partition coefficient (Wildman–Crippen LogP) is -0.429. The first-order chi connectivity index (χ1) is 3.13. The molecule has 0 aliphatic heterocycles. The zero-order valence-electron chi connectivity index (χ0n) is 6.58. The number of hydrogen-bond acceptors (Lipinski definition) is 0. The van der Waals surface area contributed by atoms with E-state index in [0.29, 0.717) is 0 Å². The van der Waals surface area contributed by atoms with Gasteiger partial charge in [-0.05, 0) is 0 Å². The molecule has 1 heteroatoms. The van der Waals surface area contributed by atoms with Crippen LogP contribution >= 0.6 is 0 Å². The van der Waals surface area contributed by atoms with Gasteiger partial charge in [-0.25, -0.2) is 17.6 Å². The average Bonchev–Trinajstić information content (AvgIpc) is 1.27. The van der Waals surface area contributed by atoms with Crippen molar-refractivity contribution < 1.29 is 18.9 Å². The van der Waals surface area contributed by atoms with Crippen LogP contribution in [0.15, 0.2) is 11.6 Å². The van der Waals surface area contributed by atoms with Crippen LogP contribution in [0.2, 0.25) is 0 Å². The molecule has 8 heavy (non-hydrogen) atoms. The molecule has 0 bridgehead atoms. The smallest absolute Gasteiger partial charge is 0.227 e. The molecule has 0 unspecified atom stereocenters. The van der Waals surface area contributed by atoms with E-state index >= 15 is 0 Å². The molecule has 0 atom stereocenters. The zero-order chi connectivity index (χ0) is 5.86. The molecule has 0 rings (SSSR count). The van der Waals surface area contributed by atoms with Gasteiger partial charge in [-0.2, -0.15) is 0 Å². The van der Waals surface area contributed by atoms with Gasteiger partial charge in [0.1, 0.15) is 0 Å². The average molecular weight is 104 g/mol. The number of rotatable bonds is 1. The van der Waals surface area contributed by atoms with Gasteiger partial charge >= 0.3 is 18.9 Å². The third kappa shape index (κ3) is 9.51. The Kier molecular flexibility index (Phi) is 7.39. The van der Waals surface area contributed by atoms with Crippen molar-refractivity contribution in [1.29, 1.82) is 0 Å². The van der Waals surface area contributed by atoms with Crippen molar-refractivity contribution in [3.8, 4) is 0 Å². The van der Waals surface area contributed by atoms with Gasteiger partial charge in [0.05, 0.1) is 0 Å². The van der Waals surface area contributed by atoms with Crippen LogP contribution in [0, 0.1) is 5.92 Å². The molecule has 0 aliphatic carbocycles. The first kappa shape index (κ1) is 11.1. The maximum Gasteiger partial charge on any atom is 1.00 e. The molecule has 0 aromatic carbocycles. The molecule has 42 valence electrons. The molecule has 0 spiro atoms. The Morgan fingerprint density at radius 2 is 1.62 bits per heavy atom. The van der Waals surface area contributed by atoms with E-state index in [1.54, 1.807) is 0 Å². The third-order valence-corrected chi connectivity index (χ3v) is 0.577. The molecule has 0 saturated carbocycles. The molecule has 0 radical (unpaired) electrons. The predicted molar refractivity (Wildman–Crippen MR) is 34.0 cm³/mol. The van der Waals surface area contributed by atoms with Crippen molar-refractivity contribution in [3.05, 3.63) is 17.6 Å². The van der Waals surface area contributed by atoms with Crippen LogP contribution in [-0.4, -0.2) is 0 Å². The molecule has 0 heterocycles. The van der Waals surface area contributed by atoms with Crippen LogP contribution in [0.25, 0.3) is 0 Å². The first-order valence-electron chi connectivity index (χ1n) is 2.58.